The van der Waals surface area contributed by atoms with Gasteiger partial charge >= 0.3 is 0 Å². The lowest BCUT2D eigenvalue weighted by Crippen LogP contribution is -2.44. The molecule has 8 heteroatoms. The van der Waals surface area contributed by atoms with Gasteiger partial charge in [-0.1, -0.05) is 25.6 Å². The van der Waals surface area contributed by atoms with Gasteiger partial charge in [0, 0.05) is 18.3 Å². The number of pyridine rings is 1. The monoisotopic (exact) mass is 395 g/mol. The molecule has 1 aliphatic rings. The summed E-state index contributed by atoms with van der Waals surface area (Å²) in [4.78, 5) is 18.9. The van der Waals surface area contributed by atoms with Crippen LogP contribution in [0.15, 0.2) is 11.1 Å². The molecule has 0 bridgehead atoms. The Morgan fingerprint density at radius 1 is 1.46 bits per heavy atom. The molecular formula is C18H25N3O3S2. The Kier molecular flexibility index (Phi) is 6.69. The summed E-state index contributed by atoms with van der Waals surface area (Å²) in [5, 5.41) is 9.91. The SMILES string of the molecule is Cc1cc(C)c(C#N)c(SCC(=O)N(CC(C)C)C2CCS(=O)(=O)C2)n1. The van der Waals surface area contributed by atoms with Crippen LogP contribution < -0.4 is 0 Å². The Morgan fingerprint density at radius 3 is 2.69 bits per heavy atom. The van der Waals surface area contributed by atoms with Gasteiger partial charge in [-0.05, 0) is 37.8 Å². The minimum atomic E-state index is -3.05. The van der Waals surface area contributed by atoms with Crippen LogP contribution in [0.5, 0.6) is 0 Å². The van der Waals surface area contributed by atoms with Gasteiger partial charge < -0.3 is 4.90 Å². The van der Waals surface area contributed by atoms with Crippen molar-refractivity contribution in [1.82, 2.24) is 9.88 Å². The number of nitrogens with zero attached hydrogens (tertiary/aromatic N) is 3. The quantitative estimate of drug-likeness (QED) is 0.687. The third-order valence-electron chi connectivity index (χ3n) is 4.29. The zero-order chi connectivity index (χ0) is 19.5. The molecule has 0 N–H and O–H groups in total. The molecule has 142 valence electrons. The van der Waals surface area contributed by atoms with Gasteiger partial charge in [0.2, 0.25) is 5.91 Å². The smallest absolute Gasteiger partial charge is 0.233 e. The molecule has 2 rings (SSSR count). The zero-order valence-electron chi connectivity index (χ0n) is 15.7. The molecule has 0 aromatic carbocycles. The van der Waals surface area contributed by atoms with Crippen LogP contribution in [0.25, 0.3) is 0 Å². The van der Waals surface area contributed by atoms with Gasteiger partial charge in [-0.25, -0.2) is 13.4 Å². The molecule has 1 aromatic heterocycles. The minimum Gasteiger partial charge on any atom is -0.338 e. The van der Waals surface area contributed by atoms with Crippen molar-refractivity contribution >= 4 is 27.5 Å². The van der Waals surface area contributed by atoms with E-state index in [0.717, 1.165) is 11.3 Å². The highest BCUT2D eigenvalue weighted by atomic mass is 32.2. The molecule has 0 saturated carbocycles. The summed E-state index contributed by atoms with van der Waals surface area (Å²) in [6.07, 6.45) is 0.497. The lowest BCUT2D eigenvalue weighted by atomic mass is 10.1. The fourth-order valence-corrected chi connectivity index (χ4v) is 5.84. The lowest BCUT2D eigenvalue weighted by molar-refractivity contribution is -0.130. The second-order valence-electron chi connectivity index (χ2n) is 7.16. The number of aryl methyl sites for hydroxylation is 2. The molecule has 1 atom stereocenters. The van der Waals surface area contributed by atoms with Gasteiger partial charge in [-0.2, -0.15) is 5.26 Å². The molecule has 1 aliphatic heterocycles. The van der Waals surface area contributed by atoms with Crippen molar-refractivity contribution in [3.8, 4) is 6.07 Å². The van der Waals surface area contributed by atoms with E-state index in [2.05, 4.69) is 11.1 Å². The maximum absolute atomic E-state index is 12.8. The topological polar surface area (TPSA) is 91.1 Å². The molecule has 2 heterocycles. The largest absolute Gasteiger partial charge is 0.338 e. The normalized spacial score (nSPS) is 18.7. The summed E-state index contributed by atoms with van der Waals surface area (Å²) < 4.78 is 23.6. The number of thioether (sulfide) groups is 1. The van der Waals surface area contributed by atoms with Gasteiger partial charge in [0.15, 0.2) is 9.84 Å². The predicted octanol–water partition coefficient (Wildman–Crippen LogP) is 2.33. The second-order valence-corrected chi connectivity index (χ2v) is 10.4. The fourth-order valence-electron chi connectivity index (χ4n) is 3.13. The second kappa shape index (κ2) is 8.40. The van der Waals surface area contributed by atoms with E-state index in [1.807, 2.05) is 33.8 Å². The molecule has 26 heavy (non-hydrogen) atoms. The Balaban J connectivity index is 2.14. The van der Waals surface area contributed by atoms with Crippen molar-refractivity contribution in [2.45, 2.75) is 45.2 Å². The van der Waals surface area contributed by atoms with Crippen molar-refractivity contribution in [3.05, 3.63) is 22.9 Å². The Labute approximate surface area is 159 Å². The van der Waals surface area contributed by atoms with E-state index in [1.54, 1.807) is 4.90 Å². The van der Waals surface area contributed by atoms with Crippen molar-refractivity contribution in [3.63, 3.8) is 0 Å². The summed E-state index contributed by atoms with van der Waals surface area (Å²) >= 11 is 1.25. The first kappa shape index (κ1) is 20.7. The number of amides is 1. The highest BCUT2D eigenvalue weighted by Gasteiger charge is 2.34. The summed E-state index contributed by atoms with van der Waals surface area (Å²) in [5.41, 5.74) is 2.14. The van der Waals surface area contributed by atoms with Gasteiger partial charge in [0.05, 0.1) is 22.8 Å². The van der Waals surface area contributed by atoms with E-state index in [1.165, 1.54) is 11.8 Å². The van der Waals surface area contributed by atoms with Gasteiger partial charge in [-0.15, -0.1) is 0 Å². The van der Waals surface area contributed by atoms with Crippen LogP contribution in [-0.4, -0.2) is 54.1 Å². The standard InChI is InChI=1S/C18H25N3O3S2/c1-12(2)9-21(15-5-6-26(23,24)11-15)17(22)10-25-18-16(8-19)13(3)7-14(4)20-18/h7,12,15H,5-6,9-11H2,1-4H3. The summed E-state index contributed by atoms with van der Waals surface area (Å²) in [7, 11) is -3.05. The Bertz CT molecular complexity index is 829. The Morgan fingerprint density at radius 2 is 2.15 bits per heavy atom. The van der Waals surface area contributed by atoms with E-state index in [-0.39, 0.29) is 35.1 Å². The average Bonchev–Trinajstić information content (AvgIpc) is 2.89. The number of carbonyl (C=O) groups is 1. The predicted molar refractivity (Wildman–Crippen MR) is 103 cm³/mol. The molecule has 1 saturated heterocycles. The highest BCUT2D eigenvalue weighted by Crippen LogP contribution is 2.25. The van der Waals surface area contributed by atoms with Crippen LogP contribution in [0.2, 0.25) is 0 Å². The number of rotatable bonds is 6. The van der Waals surface area contributed by atoms with Gasteiger partial charge in [0.25, 0.3) is 0 Å². The van der Waals surface area contributed by atoms with Crippen LogP contribution in [0.4, 0.5) is 0 Å². The first-order valence-corrected chi connectivity index (χ1v) is 11.4. The summed E-state index contributed by atoms with van der Waals surface area (Å²) in [5.74, 6) is 0.482. The number of hydrogen-bond acceptors (Lipinski definition) is 6. The van der Waals surface area contributed by atoms with E-state index < -0.39 is 9.84 Å². The maximum atomic E-state index is 12.8. The number of hydrogen-bond donors (Lipinski definition) is 0. The summed E-state index contributed by atoms with van der Waals surface area (Å²) in [6, 6.07) is 3.75. The van der Waals surface area contributed by atoms with Gasteiger partial charge in [0.1, 0.15) is 11.1 Å². The highest BCUT2D eigenvalue weighted by molar-refractivity contribution is 8.00. The minimum absolute atomic E-state index is 0.0430. The molecule has 0 aliphatic carbocycles. The molecule has 0 radical (unpaired) electrons. The van der Waals surface area contributed by atoms with E-state index in [0.29, 0.717) is 23.6 Å². The van der Waals surface area contributed by atoms with Crippen molar-refractivity contribution in [2.24, 2.45) is 5.92 Å². The Hall–Kier alpha value is -1.59. The van der Waals surface area contributed by atoms with Crippen molar-refractivity contribution in [1.29, 1.82) is 5.26 Å². The van der Waals surface area contributed by atoms with Crippen LogP contribution >= 0.6 is 11.8 Å². The zero-order valence-corrected chi connectivity index (χ0v) is 17.3. The van der Waals surface area contributed by atoms with E-state index in [4.69, 9.17) is 0 Å². The third-order valence-corrected chi connectivity index (χ3v) is 7.00. The number of sulfone groups is 1. The van der Waals surface area contributed by atoms with Crippen LogP contribution in [0, 0.1) is 31.1 Å². The van der Waals surface area contributed by atoms with E-state index >= 15 is 0 Å². The molecule has 6 nitrogen and oxygen atoms in total. The van der Waals surface area contributed by atoms with Crippen LogP contribution in [0.1, 0.15) is 37.1 Å². The molecule has 1 amide bonds. The van der Waals surface area contributed by atoms with Crippen molar-refractivity contribution in [2.75, 3.05) is 23.8 Å². The maximum Gasteiger partial charge on any atom is 0.233 e. The molecule has 1 fully saturated rings. The van der Waals surface area contributed by atoms with Crippen molar-refractivity contribution < 1.29 is 13.2 Å². The number of nitriles is 1. The first-order chi connectivity index (χ1) is 12.1. The van der Waals surface area contributed by atoms with E-state index in [9.17, 15) is 18.5 Å². The molecule has 1 unspecified atom stereocenters. The van der Waals surface area contributed by atoms with Crippen LogP contribution in [0.3, 0.4) is 0 Å². The van der Waals surface area contributed by atoms with Crippen LogP contribution in [-0.2, 0) is 14.6 Å². The number of carbonyl (C=O) groups excluding carboxylic acids is 1. The number of aromatic nitrogens is 1. The molecule has 0 spiro atoms. The summed E-state index contributed by atoms with van der Waals surface area (Å²) in [6.45, 7) is 8.26. The van der Waals surface area contributed by atoms with Gasteiger partial charge in [-0.3, -0.25) is 4.79 Å². The molecular weight excluding hydrogens is 370 g/mol. The third kappa shape index (κ3) is 5.21. The first-order valence-electron chi connectivity index (χ1n) is 8.64. The average molecular weight is 396 g/mol. The molecule has 1 aromatic rings. The lowest BCUT2D eigenvalue weighted by Gasteiger charge is -2.30. The fraction of sp³-hybridized carbons (Fsp3) is 0.611.